The van der Waals surface area contributed by atoms with E-state index in [2.05, 4.69) is 21.9 Å². The molecule has 2 aromatic rings. The van der Waals surface area contributed by atoms with Gasteiger partial charge in [0.15, 0.2) is 10.7 Å². The second-order valence-electron chi connectivity index (χ2n) is 2.74. The quantitative estimate of drug-likeness (QED) is 0.751. The molecule has 0 fully saturated rings. The molecule has 0 aromatic carbocycles. The lowest BCUT2D eigenvalue weighted by Gasteiger charge is -1.98. The topological polar surface area (TPSA) is 63.6 Å². The zero-order valence-electron chi connectivity index (χ0n) is 7.20. The van der Waals surface area contributed by atoms with Gasteiger partial charge in [-0.05, 0) is 0 Å². The highest BCUT2D eigenvalue weighted by Gasteiger charge is 2.07. The first-order valence-electron chi connectivity index (χ1n) is 3.95. The molecular weight excluding hydrogens is 204 g/mol. The van der Waals surface area contributed by atoms with Gasteiger partial charge in [-0.1, -0.05) is 17.7 Å². The minimum absolute atomic E-state index is 0.259. The fourth-order valence-electron chi connectivity index (χ4n) is 1.24. The number of nitrogens with one attached hydrogen (secondary N) is 1. The highest BCUT2D eigenvalue weighted by molar-refractivity contribution is 6.29. The summed E-state index contributed by atoms with van der Waals surface area (Å²) < 4.78 is 1.62. The Labute approximate surface area is 84.0 Å². The van der Waals surface area contributed by atoms with Gasteiger partial charge in [0.1, 0.15) is 0 Å². The van der Waals surface area contributed by atoms with Crippen LogP contribution < -0.4 is 5.56 Å². The summed E-state index contributed by atoms with van der Waals surface area (Å²) in [6.45, 7) is 4.08. The van der Waals surface area contributed by atoms with Crippen molar-refractivity contribution < 1.29 is 0 Å². The maximum atomic E-state index is 11.3. The third-order valence-electron chi connectivity index (χ3n) is 1.80. The second-order valence-corrected chi connectivity index (χ2v) is 3.13. The Morgan fingerprint density at radius 3 is 3.14 bits per heavy atom. The van der Waals surface area contributed by atoms with Gasteiger partial charge in [0.05, 0.1) is 12.1 Å². The van der Waals surface area contributed by atoms with Crippen LogP contribution >= 0.6 is 11.6 Å². The van der Waals surface area contributed by atoms with Crippen molar-refractivity contribution in [3.05, 3.63) is 34.2 Å². The van der Waals surface area contributed by atoms with Crippen LogP contribution in [0.2, 0.25) is 5.15 Å². The Morgan fingerprint density at radius 1 is 1.64 bits per heavy atom. The first-order chi connectivity index (χ1) is 6.72. The first-order valence-corrected chi connectivity index (χ1v) is 4.33. The molecule has 0 aliphatic rings. The summed E-state index contributed by atoms with van der Waals surface area (Å²) in [5.74, 6) is 0. The van der Waals surface area contributed by atoms with Gasteiger partial charge in [-0.25, -0.2) is 0 Å². The molecule has 0 unspecified atom stereocenters. The second kappa shape index (κ2) is 3.26. The molecular formula is C8H7ClN4O. The standard InChI is InChI=1S/C8H7ClN4O/c1-2-3-13-5-4-6(9)10-11-7(5)8(14)12-13/h2,4H,1,3H2,(H,12,14). The van der Waals surface area contributed by atoms with Crippen molar-refractivity contribution in [1.82, 2.24) is 20.0 Å². The molecule has 0 saturated carbocycles. The number of H-pyrrole nitrogens is 1. The molecule has 2 heterocycles. The van der Waals surface area contributed by atoms with Crippen molar-refractivity contribution in [2.45, 2.75) is 6.54 Å². The van der Waals surface area contributed by atoms with Gasteiger partial charge in [0, 0.05) is 6.07 Å². The van der Waals surface area contributed by atoms with E-state index in [0.717, 1.165) is 0 Å². The molecule has 5 nitrogen and oxygen atoms in total. The van der Waals surface area contributed by atoms with Crippen LogP contribution in [0.3, 0.4) is 0 Å². The average Bonchev–Trinajstić information content (AvgIpc) is 2.44. The molecule has 0 aliphatic heterocycles. The number of hydrogen-bond acceptors (Lipinski definition) is 3. The molecule has 6 heteroatoms. The van der Waals surface area contributed by atoms with E-state index >= 15 is 0 Å². The predicted molar refractivity (Wildman–Crippen MR) is 53.4 cm³/mol. The van der Waals surface area contributed by atoms with Crippen LogP contribution in [-0.2, 0) is 6.54 Å². The van der Waals surface area contributed by atoms with Gasteiger partial charge in [-0.2, -0.15) is 0 Å². The maximum absolute atomic E-state index is 11.3. The van der Waals surface area contributed by atoms with Crippen molar-refractivity contribution in [3.63, 3.8) is 0 Å². The van der Waals surface area contributed by atoms with Gasteiger partial charge >= 0.3 is 0 Å². The monoisotopic (exact) mass is 210 g/mol. The Hall–Kier alpha value is -1.62. The lowest BCUT2D eigenvalue weighted by Crippen LogP contribution is -2.04. The Morgan fingerprint density at radius 2 is 2.43 bits per heavy atom. The van der Waals surface area contributed by atoms with Crippen LogP contribution in [0.15, 0.2) is 23.5 Å². The van der Waals surface area contributed by atoms with Crippen molar-refractivity contribution in [2.75, 3.05) is 0 Å². The summed E-state index contributed by atoms with van der Waals surface area (Å²) in [6.07, 6.45) is 1.67. The molecule has 1 N–H and O–H groups in total. The molecule has 0 atom stereocenters. The summed E-state index contributed by atoms with van der Waals surface area (Å²) >= 11 is 5.67. The molecule has 0 bridgehead atoms. The lowest BCUT2D eigenvalue weighted by molar-refractivity contribution is 0.719. The summed E-state index contributed by atoms with van der Waals surface area (Å²) in [4.78, 5) is 11.3. The number of aromatic nitrogens is 4. The summed E-state index contributed by atoms with van der Waals surface area (Å²) in [7, 11) is 0. The fraction of sp³-hybridized carbons (Fsp3) is 0.125. The van der Waals surface area contributed by atoms with Gasteiger partial charge in [-0.3, -0.25) is 14.6 Å². The number of hydrogen-bond donors (Lipinski definition) is 1. The minimum Gasteiger partial charge on any atom is -0.279 e. The molecule has 0 spiro atoms. The van der Waals surface area contributed by atoms with Crippen LogP contribution in [0, 0.1) is 0 Å². The van der Waals surface area contributed by atoms with Crippen LogP contribution in [0.1, 0.15) is 0 Å². The maximum Gasteiger partial charge on any atom is 0.292 e. The van der Waals surface area contributed by atoms with Gasteiger partial charge < -0.3 is 0 Å². The zero-order chi connectivity index (χ0) is 10.1. The normalized spacial score (nSPS) is 10.6. The largest absolute Gasteiger partial charge is 0.292 e. The van der Waals surface area contributed by atoms with E-state index in [9.17, 15) is 4.79 Å². The summed E-state index contributed by atoms with van der Waals surface area (Å²) in [6, 6.07) is 1.59. The Bertz CT molecular complexity index is 542. The van der Waals surface area contributed by atoms with E-state index in [0.29, 0.717) is 12.1 Å². The third kappa shape index (κ3) is 1.31. The summed E-state index contributed by atoms with van der Waals surface area (Å²) in [5, 5.41) is 10.2. The van der Waals surface area contributed by atoms with Crippen LogP contribution in [0.4, 0.5) is 0 Å². The van der Waals surface area contributed by atoms with E-state index in [1.807, 2.05) is 0 Å². The highest BCUT2D eigenvalue weighted by atomic mass is 35.5. The molecule has 0 radical (unpaired) electrons. The summed E-state index contributed by atoms with van der Waals surface area (Å²) in [5.41, 5.74) is 0.650. The van der Waals surface area contributed by atoms with Gasteiger partial charge in [-0.15, -0.1) is 16.8 Å². The van der Waals surface area contributed by atoms with Crippen LogP contribution in [0.25, 0.3) is 11.0 Å². The molecule has 0 amide bonds. The molecule has 0 aliphatic carbocycles. The molecule has 2 rings (SSSR count). The van der Waals surface area contributed by atoms with E-state index in [-0.39, 0.29) is 16.2 Å². The number of nitrogens with zero attached hydrogens (tertiary/aromatic N) is 3. The van der Waals surface area contributed by atoms with Gasteiger partial charge in [0.2, 0.25) is 0 Å². The molecule has 0 saturated heterocycles. The molecule has 2 aromatic heterocycles. The number of fused-ring (bicyclic) bond motifs is 1. The lowest BCUT2D eigenvalue weighted by atomic mass is 10.4. The Kier molecular flexibility index (Phi) is 2.09. The Balaban J connectivity index is 2.78. The molecule has 14 heavy (non-hydrogen) atoms. The fourth-order valence-corrected chi connectivity index (χ4v) is 1.38. The van der Waals surface area contributed by atoms with Crippen molar-refractivity contribution in [2.24, 2.45) is 0 Å². The van der Waals surface area contributed by atoms with Gasteiger partial charge in [0.25, 0.3) is 5.56 Å². The highest BCUT2D eigenvalue weighted by Crippen LogP contribution is 2.10. The third-order valence-corrected chi connectivity index (χ3v) is 1.98. The van der Waals surface area contributed by atoms with E-state index in [1.165, 1.54) is 0 Å². The van der Waals surface area contributed by atoms with Crippen LogP contribution in [-0.4, -0.2) is 20.0 Å². The average molecular weight is 211 g/mol. The van der Waals surface area contributed by atoms with Crippen molar-refractivity contribution in [3.8, 4) is 0 Å². The molecule has 72 valence electrons. The SMILES string of the molecule is C=CCn1[nH]c(=O)c2nnc(Cl)cc21. The van der Waals surface area contributed by atoms with Crippen molar-refractivity contribution >= 4 is 22.6 Å². The zero-order valence-corrected chi connectivity index (χ0v) is 7.95. The number of aromatic amines is 1. The van der Waals surface area contributed by atoms with E-state index < -0.39 is 0 Å². The van der Waals surface area contributed by atoms with E-state index in [4.69, 9.17) is 11.6 Å². The number of halogens is 1. The van der Waals surface area contributed by atoms with Crippen LogP contribution in [0.5, 0.6) is 0 Å². The van der Waals surface area contributed by atoms with Crippen molar-refractivity contribution in [1.29, 1.82) is 0 Å². The smallest absolute Gasteiger partial charge is 0.279 e. The van der Waals surface area contributed by atoms with E-state index in [1.54, 1.807) is 16.8 Å². The number of rotatable bonds is 2. The first kappa shape index (κ1) is 8.96. The number of allylic oxidation sites excluding steroid dienone is 1. The predicted octanol–water partition coefficient (Wildman–Crippen LogP) is 0.959. The minimum atomic E-state index is -0.272.